The summed E-state index contributed by atoms with van der Waals surface area (Å²) in [5, 5.41) is 13.7. The van der Waals surface area contributed by atoms with Crippen molar-refractivity contribution in [3.63, 3.8) is 0 Å². The standard InChI is InChI=1S/C51H38N2/c1-51(2)46-30-28-34-15-9-10-23-42(34)49(46)45-26-14-25-43(50(45)51)38-21-13-20-37(31-38)41-29-27-39(40-22-11-12-24-44(40)41)33-53-48(36-18-7-4-8-19-36)32-47(52)35-16-5-3-6-17-35/h3-33,52H,1-2H3/b48-32-,52-47?,53-33?. The molecule has 0 unspecified atom stereocenters. The van der Waals surface area contributed by atoms with Crippen molar-refractivity contribution >= 4 is 39.2 Å². The predicted molar refractivity (Wildman–Crippen MR) is 225 cm³/mol. The van der Waals surface area contributed by atoms with Gasteiger partial charge in [-0.15, -0.1) is 0 Å². The fraction of sp³-hybridized carbons (Fsp3) is 0.0588. The maximum atomic E-state index is 8.80. The number of nitrogens with one attached hydrogen (secondary N) is 1. The van der Waals surface area contributed by atoms with Gasteiger partial charge >= 0.3 is 0 Å². The highest BCUT2D eigenvalue weighted by atomic mass is 14.7. The first kappa shape index (κ1) is 32.3. The Bertz CT molecular complexity index is 2750. The van der Waals surface area contributed by atoms with Gasteiger partial charge in [0.1, 0.15) is 0 Å². The van der Waals surface area contributed by atoms with E-state index in [1.807, 2.05) is 73.0 Å². The molecule has 0 aromatic heterocycles. The third-order valence-corrected chi connectivity index (χ3v) is 10.8. The molecule has 0 atom stereocenters. The molecule has 0 bridgehead atoms. The molecule has 0 spiro atoms. The minimum Gasteiger partial charge on any atom is -0.300 e. The van der Waals surface area contributed by atoms with Crippen LogP contribution in [0.5, 0.6) is 0 Å². The fourth-order valence-corrected chi connectivity index (χ4v) is 8.21. The Hall–Kier alpha value is -6.64. The van der Waals surface area contributed by atoms with Crippen molar-refractivity contribution in [2.75, 3.05) is 0 Å². The summed E-state index contributed by atoms with van der Waals surface area (Å²) in [6.07, 6.45) is 3.79. The van der Waals surface area contributed by atoms with Gasteiger partial charge in [0, 0.05) is 22.8 Å². The topological polar surface area (TPSA) is 36.2 Å². The highest BCUT2D eigenvalue weighted by Gasteiger charge is 2.38. The third-order valence-electron chi connectivity index (χ3n) is 10.8. The van der Waals surface area contributed by atoms with Gasteiger partial charge in [-0.3, -0.25) is 4.99 Å². The summed E-state index contributed by atoms with van der Waals surface area (Å²) in [5.41, 5.74) is 14.2. The number of aliphatic imine (C=N–C) groups is 1. The van der Waals surface area contributed by atoms with Gasteiger partial charge in [0.2, 0.25) is 0 Å². The summed E-state index contributed by atoms with van der Waals surface area (Å²) in [4.78, 5) is 5.01. The predicted octanol–water partition coefficient (Wildman–Crippen LogP) is 13.2. The van der Waals surface area contributed by atoms with E-state index in [2.05, 4.69) is 129 Å². The van der Waals surface area contributed by atoms with Crippen LogP contribution in [0.3, 0.4) is 0 Å². The lowest BCUT2D eigenvalue weighted by atomic mass is 9.78. The minimum absolute atomic E-state index is 0.137. The Labute approximate surface area is 311 Å². The van der Waals surface area contributed by atoms with Crippen LogP contribution in [0, 0.1) is 5.41 Å². The van der Waals surface area contributed by atoms with Crippen LogP contribution in [0.2, 0.25) is 0 Å². The van der Waals surface area contributed by atoms with Gasteiger partial charge in [0.15, 0.2) is 0 Å². The largest absolute Gasteiger partial charge is 0.300 e. The summed E-state index contributed by atoms with van der Waals surface area (Å²) < 4.78 is 0. The van der Waals surface area contributed by atoms with Gasteiger partial charge in [-0.25, -0.2) is 0 Å². The first-order chi connectivity index (χ1) is 26.0. The molecule has 0 radical (unpaired) electrons. The normalized spacial score (nSPS) is 13.4. The first-order valence-electron chi connectivity index (χ1n) is 18.2. The first-order valence-corrected chi connectivity index (χ1v) is 18.2. The Balaban J connectivity index is 1.12. The monoisotopic (exact) mass is 678 g/mol. The number of benzene rings is 8. The summed E-state index contributed by atoms with van der Waals surface area (Å²) in [6.45, 7) is 4.74. The van der Waals surface area contributed by atoms with Crippen molar-refractivity contribution in [2.45, 2.75) is 19.3 Å². The quantitative estimate of drug-likeness (QED) is 0.163. The zero-order valence-electron chi connectivity index (χ0n) is 29.8. The Morgan fingerprint density at radius 2 is 1.15 bits per heavy atom. The summed E-state index contributed by atoms with van der Waals surface area (Å²) in [7, 11) is 0. The highest BCUT2D eigenvalue weighted by molar-refractivity contribution is 6.12. The number of rotatable bonds is 7. The van der Waals surface area contributed by atoms with Crippen LogP contribution < -0.4 is 0 Å². The molecule has 2 heteroatoms. The molecule has 2 nitrogen and oxygen atoms in total. The van der Waals surface area contributed by atoms with Gasteiger partial charge in [-0.05, 0) is 83.8 Å². The van der Waals surface area contributed by atoms with Crippen LogP contribution in [0.1, 0.15) is 41.7 Å². The molecule has 9 rings (SSSR count). The van der Waals surface area contributed by atoms with Crippen LogP contribution in [-0.2, 0) is 5.41 Å². The highest BCUT2D eigenvalue weighted by Crippen LogP contribution is 2.54. The number of hydrogen-bond donors (Lipinski definition) is 1. The van der Waals surface area contributed by atoms with E-state index in [-0.39, 0.29) is 5.41 Å². The van der Waals surface area contributed by atoms with Crippen molar-refractivity contribution in [2.24, 2.45) is 4.99 Å². The summed E-state index contributed by atoms with van der Waals surface area (Å²) in [6, 6.07) is 62.1. The second-order valence-electron chi connectivity index (χ2n) is 14.3. The molecule has 0 fully saturated rings. The number of hydrogen-bond acceptors (Lipinski definition) is 2. The molecule has 8 aromatic rings. The van der Waals surface area contributed by atoms with Crippen molar-refractivity contribution in [1.29, 1.82) is 5.41 Å². The maximum absolute atomic E-state index is 8.80. The average molecular weight is 679 g/mol. The van der Waals surface area contributed by atoms with Gasteiger partial charge < -0.3 is 5.41 Å². The Morgan fingerprint density at radius 3 is 1.92 bits per heavy atom. The van der Waals surface area contributed by atoms with Crippen molar-refractivity contribution in [3.05, 3.63) is 210 Å². The van der Waals surface area contributed by atoms with E-state index in [0.717, 1.165) is 27.8 Å². The molecule has 252 valence electrons. The molecule has 0 saturated carbocycles. The van der Waals surface area contributed by atoms with Crippen molar-refractivity contribution in [3.8, 4) is 33.4 Å². The third kappa shape index (κ3) is 5.70. The second-order valence-corrected chi connectivity index (χ2v) is 14.3. The second kappa shape index (κ2) is 13.2. The van der Waals surface area contributed by atoms with Crippen molar-refractivity contribution in [1.82, 2.24) is 0 Å². The zero-order chi connectivity index (χ0) is 35.9. The van der Waals surface area contributed by atoms with Gasteiger partial charge in [-0.1, -0.05) is 184 Å². The van der Waals surface area contributed by atoms with Gasteiger partial charge in [0.25, 0.3) is 0 Å². The fourth-order valence-electron chi connectivity index (χ4n) is 8.21. The number of nitrogens with zero attached hydrogens (tertiary/aromatic N) is 1. The van der Waals surface area contributed by atoms with E-state index in [1.54, 1.807) is 0 Å². The van der Waals surface area contributed by atoms with Gasteiger partial charge in [-0.2, -0.15) is 0 Å². The van der Waals surface area contributed by atoms with Crippen LogP contribution in [0.4, 0.5) is 0 Å². The minimum atomic E-state index is -0.137. The van der Waals surface area contributed by atoms with Gasteiger partial charge in [0.05, 0.1) is 11.4 Å². The molecule has 0 amide bonds. The van der Waals surface area contributed by atoms with Crippen LogP contribution >= 0.6 is 0 Å². The molecular formula is C51H38N2. The van der Waals surface area contributed by atoms with Crippen LogP contribution in [-0.4, -0.2) is 11.9 Å². The van der Waals surface area contributed by atoms with E-state index < -0.39 is 0 Å². The molecule has 0 saturated heterocycles. The molecular weight excluding hydrogens is 641 g/mol. The molecule has 1 N–H and O–H groups in total. The lowest BCUT2D eigenvalue weighted by molar-refractivity contribution is 0.662. The number of fused-ring (bicyclic) bond motifs is 6. The number of allylic oxidation sites excluding steroid dienone is 1. The summed E-state index contributed by atoms with van der Waals surface area (Å²) >= 11 is 0. The smallest absolute Gasteiger partial charge is 0.0723 e. The van der Waals surface area contributed by atoms with Crippen LogP contribution in [0.25, 0.3) is 60.6 Å². The molecule has 53 heavy (non-hydrogen) atoms. The molecule has 1 aliphatic carbocycles. The Kier molecular flexibility index (Phi) is 8.01. The lowest BCUT2D eigenvalue weighted by Crippen LogP contribution is -2.16. The molecule has 0 aliphatic heterocycles. The molecule has 8 aromatic carbocycles. The summed E-state index contributed by atoms with van der Waals surface area (Å²) in [5.74, 6) is 0. The van der Waals surface area contributed by atoms with Crippen LogP contribution in [0.15, 0.2) is 187 Å². The zero-order valence-corrected chi connectivity index (χ0v) is 29.8. The van der Waals surface area contributed by atoms with E-state index in [4.69, 9.17) is 10.4 Å². The van der Waals surface area contributed by atoms with E-state index in [9.17, 15) is 0 Å². The van der Waals surface area contributed by atoms with E-state index in [0.29, 0.717) is 5.71 Å². The van der Waals surface area contributed by atoms with Crippen molar-refractivity contribution < 1.29 is 0 Å². The maximum Gasteiger partial charge on any atom is 0.0723 e. The SMILES string of the molecule is CC1(C)c2ccc3ccccc3c2-c2cccc(-c3cccc(-c4ccc(C=N/C(=C\C(=N)c5ccccc5)c5ccccc5)c5ccccc45)c3)c21. The lowest BCUT2D eigenvalue weighted by Gasteiger charge is -2.25. The van der Waals surface area contributed by atoms with E-state index >= 15 is 0 Å². The molecule has 1 aliphatic rings. The molecule has 0 heterocycles. The Morgan fingerprint density at radius 1 is 0.528 bits per heavy atom. The average Bonchev–Trinajstić information content (AvgIpc) is 3.46. The van der Waals surface area contributed by atoms with E-state index in [1.165, 1.54) is 60.7 Å².